The lowest BCUT2D eigenvalue weighted by Gasteiger charge is -2.25. The number of carbonyl (C=O) groups is 1. The van der Waals surface area contributed by atoms with Crippen LogP contribution in [0.2, 0.25) is 0 Å². The van der Waals surface area contributed by atoms with Gasteiger partial charge in [-0.05, 0) is 48.2 Å². The van der Waals surface area contributed by atoms with E-state index in [4.69, 9.17) is 4.18 Å². The van der Waals surface area contributed by atoms with Crippen LogP contribution in [0.5, 0.6) is 5.75 Å². The van der Waals surface area contributed by atoms with Crippen molar-refractivity contribution in [3.05, 3.63) is 59.7 Å². The SMILES string of the molecule is CCCC(=O)N(Cc1cccc(OS(=O)(=O)c2cccc(C(F)(F)F)c2)c1)CC(C)C. The summed E-state index contributed by atoms with van der Waals surface area (Å²) in [6.07, 6.45) is -3.55. The van der Waals surface area contributed by atoms with Crippen LogP contribution in [0.3, 0.4) is 0 Å². The summed E-state index contributed by atoms with van der Waals surface area (Å²) in [5, 5.41) is 0. The molecule has 0 radical (unpaired) electrons. The first-order valence-corrected chi connectivity index (χ1v) is 11.3. The van der Waals surface area contributed by atoms with E-state index in [0.717, 1.165) is 18.2 Å². The van der Waals surface area contributed by atoms with E-state index in [1.807, 2.05) is 20.8 Å². The third kappa shape index (κ3) is 7.27. The number of hydrogen-bond donors (Lipinski definition) is 0. The first-order valence-electron chi connectivity index (χ1n) is 9.91. The van der Waals surface area contributed by atoms with Crippen LogP contribution in [-0.2, 0) is 27.6 Å². The molecule has 2 aromatic carbocycles. The molecule has 0 spiro atoms. The van der Waals surface area contributed by atoms with Gasteiger partial charge in [0.15, 0.2) is 0 Å². The number of nitrogens with zero attached hydrogens (tertiary/aromatic N) is 1. The summed E-state index contributed by atoms with van der Waals surface area (Å²) in [5.74, 6) is 0.211. The monoisotopic (exact) mass is 457 g/mol. The normalized spacial score (nSPS) is 12.1. The van der Waals surface area contributed by atoms with Crippen molar-refractivity contribution < 1.29 is 30.6 Å². The Morgan fingerprint density at radius 2 is 1.77 bits per heavy atom. The molecule has 0 saturated carbocycles. The molecule has 0 fully saturated rings. The zero-order valence-electron chi connectivity index (χ0n) is 17.6. The zero-order valence-corrected chi connectivity index (χ0v) is 18.5. The second kappa shape index (κ2) is 10.2. The Labute approximate surface area is 181 Å². The van der Waals surface area contributed by atoms with Gasteiger partial charge in [0.1, 0.15) is 10.6 Å². The van der Waals surface area contributed by atoms with Crippen molar-refractivity contribution in [3.8, 4) is 5.75 Å². The predicted molar refractivity (Wildman–Crippen MR) is 111 cm³/mol. The van der Waals surface area contributed by atoms with Crippen LogP contribution in [0.4, 0.5) is 13.2 Å². The first kappa shape index (κ1) is 24.7. The number of hydrogen-bond acceptors (Lipinski definition) is 4. The zero-order chi connectivity index (χ0) is 23.2. The molecule has 2 rings (SSSR count). The highest BCUT2D eigenvalue weighted by molar-refractivity contribution is 7.87. The quantitative estimate of drug-likeness (QED) is 0.482. The van der Waals surface area contributed by atoms with Gasteiger partial charge in [0.05, 0.1) is 5.56 Å². The minimum Gasteiger partial charge on any atom is -0.379 e. The number of carbonyl (C=O) groups excluding carboxylic acids is 1. The Morgan fingerprint density at radius 1 is 1.10 bits per heavy atom. The highest BCUT2D eigenvalue weighted by atomic mass is 32.2. The van der Waals surface area contributed by atoms with Gasteiger partial charge in [-0.25, -0.2) is 0 Å². The van der Waals surface area contributed by atoms with Crippen LogP contribution in [-0.4, -0.2) is 25.8 Å². The third-order valence-electron chi connectivity index (χ3n) is 4.33. The smallest absolute Gasteiger partial charge is 0.379 e. The molecule has 170 valence electrons. The van der Waals surface area contributed by atoms with Gasteiger partial charge in [0, 0.05) is 19.5 Å². The van der Waals surface area contributed by atoms with Gasteiger partial charge < -0.3 is 9.08 Å². The van der Waals surface area contributed by atoms with E-state index in [9.17, 15) is 26.4 Å². The van der Waals surface area contributed by atoms with Crippen molar-refractivity contribution >= 4 is 16.0 Å². The van der Waals surface area contributed by atoms with E-state index in [-0.39, 0.29) is 24.1 Å². The molecule has 0 aliphatic rings. The van der Waals surface area contributed by atoms with Gasteiger partial charge in [0.2, 0.25) is 5.91 Å². The van der Waals surface area contributed by atoms with Crippen LogP contribution in [0.25, 0.3) is 0 Å². The number of rotatable bonds is 9. The van der Waals surface area contributed by atoms with E-state index in [2.05, 4.69) is 0 Å². The van der Waals surface area contributed by atoms with E-state index in [1.165, 1.54) is 12.1 Å². The fourth-order valence-corrected chi connectivity index (χ4v) is 3.96. The Bertz CT molecular complexity index is 1000. The molecule has 31 heavy (non-hydrogen) atoms. The molecule has 0 N–H and O–H groups in total. The van der Waals surface area contributed by atoms with E-state index >= 15 is 0 Å². The Morgan fingerprint density at radius 3 is 2.39 bits per heavy atom. The molecule has 0 unspecified atom stereocenters. The van der Waals surface area contributed by atoms with Gasteiger partial charge in [-0.15, -0.1) is 0 Å². The Balaban J connectivity index is 2.24. The largest absolute Gasteiger partial charge is 0.416 e. The molecule has 1 amide bonds. The summed E-state index contributed by atoms with van der Waals surface area (Å²) in [6, 6.07) is 9.55. The van der Waals surface area contributed by atoms with Crippen molar-refractivity contribution in [3.63, 3.8) is 0 Å². The average Bonchev–Trinajstić information content (AvgIpc) is 2.67. The second-order valence-corrected chi connectivity index (χ2v) is 9.17. The highest BCUT2D eigenvalue weighted by Gasteiger charge is 2.32. The lowest BCUT2D eigenvalue weighted by atomic mass is 10.1. The standard InChI is InChI=1S/C22H26F3NO4S/c1-4-7-21(27)26(14-16(2)3)15-17-8-5-10-19(12-17)30-31(28,29)20-11-6-9-18(13-20)22(23,24)25/h5-6,8-13,16H,4,7,14-15H2,1-3H3. The number of benzene rings is 2. The summed E-state index contributed by atoms with van der Waals surface area (Å²) in [4.78, 5) is 13.5. The number of amides is 1. The molecule has 2 aromatic rings. The van der Waals surface area contributed by atoms with Gasteiger partial charge in [0.25, 0.3) is 0 Å². The third-order valence-corrected chi connectivity index (χ3v) is 5.57. The number of alkyl halides is 3. The van der Waals surface area contributed by atoms with Crippen molar-refractivity contribution in [2.45, 2.75) is 51.2 Å². The maximum atomic E-state index is 12.9. The molecule has 0 saturated heterocycles. The molecule has 5 nitrogen and oxygen atoms in total. The van der Waals surface area contributed by atoms with Crippen LogP contribution >= 0.6 is 0 Å². The fraction of sp³-hybridized carbons (Fsp3) is 0.409. The second-order valence-electron chi connectivity index (χ2n) is 7.63. The Kier molecular flexibility index (Phi) is 8.11. The van der Waals surface area contributed by atoms with Crippen molar-refractivity contribution in [1.82, 2.24) is 4.90 Å². The van der Waals surface area contributed by atoms with Gasteiger partial charge in [-0.2, -0.15) is 21.6 Å². The molecule has 0 heterocycles. The maximum Gasteiger partial charge on any atom is 0.416 e. The van der Waals surface area contributed by atoms with Crippen molar-refractivity contribution in [2.75, 3.05) is 6.54 Å². The predicted octanol–water partition coefficient (Wildman–Crippen LogP) is 5.26. The summed E-state index contributed by atoms with van der Waals surface area (Å²) in [6.45, 7) is 6.73. The van der Waals surface area contributed by atoms with Gasteiger partial charge in [-0.1, -0.05) is 39.0 Å². The summed E-state index contributed by atoms with van der Waals surface area (Å²) >= 11 is 0. The number of halogens is 3. The van der Waals surface area contributed by atoms with Crippen LogP contribution in [0.1, 0.15) is 44.7 Å². The summed E-state index contributed by atoms with van der Waals surface area (Å²) in [5.41, 5.74) is -0.425. The Hall–Kier alpha value is -2.55. The average molecular weight is 458 g/mol. The van der Waals surface area contributed by atoms with Crippen LogP contribution < -0.4 is 4.18 Å². The topological polar surface area (TPSA) is 63.7 Å². The summed E-state index contributed by atoms with van der Waals surface area (Å²) in [7, 11) is -4.47. The summed E-state index contributed by atoms with van der Waals surface area (Å²) < 4.78 is 68.8. The van der Waals surface area contributed by atoms with Crippen LogP contribution in [0.15, 0.2) is 53.4 Å². The molecule has 0 atom stereocenters. The van der Waals surface area contributed by atoms with Gasteiger partial charge in [-0.3, -0.25) is 4.79 Å². The minimum atomic E-state index is -4.67. The van der Waals surface area contributed by atoms with Crippen LogP contribution in [0, 0.1) is 5.92 Å². The minimum absolute atomic E-state index is 0.000825. The lowest BCUT2D eigenvalue weighted by molar-refractivity contribution is -0.137. The molecule has 0 aliphatic carbocycles. The van der Waals surface area contributed by atoms with E-state index in [0.29, 0.717) is 31.0 Å². The highest BCUT2D eigenvalue weighted by Crippen LogP contribution is 2.31. The van der Waals surface area contributed by atoms with E-state index in [1.54, 1.807) is 17.0 Å². The van der Waals surface area contributed by atoms with E-state index < -0.39 is 26.8 Å². The van der Waals surface area contributed by atoms with Crippen molar-refractivity contribution in [1.29, 1.82) is 0 Å². The first-order chi connectivity index (χ1) is 14.4. The van der Waals surface area contributed by atoms with Crippen molar-refractivity contribution in [2.24, 2.45) is 5.92 Å². The molecule has 0 aliphatic heterocycles. The maximum absolute atomic E-state index is 12.9. The lowest BCUT2D eigenvalue weighted by Crippen LogP contribution is -2.33. The molecule has 0 aromatic heterocycles. The van der Waals surface area contributed by atoms with Gasteiger partial charge >= 0.3 is 16.3 Å². The molecular weight excluding hydrogens is 431 g/mol. The molecule has 9 heteroatoms. The molecular formula is C22H26F3NO4S. The molecule has 0 bridgehead atoms. The fourth-order valence-electron chi connectivity index (χ4n) is 2.99.